The van der Waals surface area contributed by atoms with E-state index in [0.717, 1.165) is 5.56 Å². The van der Waals surface area contributed by atoms with Gasteiger partial charge in [-0.2, -0.15) is 0 Å². The maximum absolute atomic E-state index is 12.5. The summed E-state index contributed by atoms with van der Waals surface area (Å²) in [5.74, 6) is -1.46. The summed E-state index contributed by atoms with van der Waals surface area (Å²) < 4.78 is 0. The molecular formula is C18H26N2O4. The fraction of sp³-hybridized carbons (Fsp3) is 0.500. The van der Waals surface area contributed by atoms with Gasteiger partial charge in [-0.25, -0.2) is 0 Å². The van der Waals surface area contributed by atoms with Crippen LogP contribution in [0, 0.1) is 12.8 Å². The molecule has 0 radical (unpaired) electrons. The molecule has 0 aliphatic heterocycles. The molecule has 0 saturated carbocycles. The lowest BCUT2D eigenvalue weighted by Crippen LogP contribution is -2.50. The first-order valence-electron chi connectivity index (χ1n) is 8.06. The Morgan fingerprint density at radius 2 is 1.75 bits per heavy atom. The molecule has 1 atom stereocenters. The molecular weight excluding hydrogens is 308 g/mol. The van der Waals surface area contributed by atoms with Crippen molar-refractivity contribution in [1.82, 2.24) is 10.2 Å². The van der Waals surface area contributed by atoms with Crippen LogP contribution in [0.2, 0.25) is 0 Å². The lowest BCUT2D eigenvalue weighted by atomic mass is 10.0. The molecule has 6 nitrogen and oxygen atoms in total. The molecule has 24 heavy (non-hydrogen) atoms. The molecule has 0 heterocycles. The quantitative estimate of drug-likeness (QED) is 0.762. The molecule has 1 aromatic rings. The number of aryl methyl sites for hydroxylation is 1. The van der Waals surface area contributed by atoms with Crippen molar-refractivity contribution in [2.75, 3.05) is 13.6 Å². The highest BCUT2D eigenvalue weighted by molar-refractivity contribution is 5.97. The van der Waals surface area contributed by atoms with E-state index in [-0.39, 0.29) is 24.2 Å². The van der Waals surface area contributed by atoms with Crippen LogP contribution < -0.4 is 5.32 Å². The smallest absolute Gasteiger partial charge is 0.303 e. The number of benzene rings is 1. The van der Waals surface area contributed by atoms with E-state index >= 15 is 0 Å². The molecule has 0 fully saturated rings. The molecule has 2 amide bonds. The number of aliphatic carboxylic acids is 1. The number of carbonyl (C=O) groups is 3. The molecule has 132 valence electrons. The zero-order valence-electron chi connectivity index (χ0n) is 14.7. The largest absolute Gasteiger partial charge is 0.481 e. The Balaban J connectivity index is 2.71. The predicted molar refractivity (Wildman–Crippen MR) is 91.8 cm³/mol. The van der Waals surface area contributed by atoms with E-state index in [1.807, 2.05) is 32.9 Å². The normalized spacial score (nSPS) is 11.9. The van der Waals surface area contributed by atoms with Crippen LogP contribution in [0.5, 0.6) is 0 Å². The summed E-state index contributed by atoms with van der Waals surface area (Å²) in [6, 6.07) is 6.50. The molecule has 1 aromatic carbocycles. The number of carboxylic acids is 1. The summed E-state index contributed by atoms with van der Waals surface area (Å²) >= 11 is 0. The topological polar surface area (TPSA) is 86.7 Å². The van der Waals surface area contributed by atoms with Gasteiger partial charge in [0.05, 0.1) is 0 Å². The van der Waals surface area contributed by atoms with Crippen molar-refractivity contribution in [3.05, 3.63) is 35.4 Å². The van der Waals surface area contributed by atoms with E-state index in [4.69, 9.17) is 5.11 Å². The van der Waals surface area contributed by atoms with Crippen LogP contribution >= 0.6 is 0 Å². The van der Waals surface area contributed by atoms with E-state index in [1.54, 1.807) is 19.2 Å². The van der Waals surface area contributed by atoms with Gasteiger partial charge in [-0.05, 0) is 31.4 Å². The number of hydrogen-bond acceptors (Lipinski definition) is 3. The third kappa shape index (κ3) is 6.02. The van der Waals surface area contributed by atoms with Crippen molar-refractivity contribution < 1.29 is 19.5 Å². The first-order valence-corrected chi connectivity index (χ1v) is 8.06. The minimum absolute atomic E-state index is 0.0136. The fourth-order valence-electron chi connectivity index (χ4n) is 2.26. The standard InChI is InChI=1S/C18H26N2O4/c1-12(2)16(18(24)20(4)11-5-6-15(21)22)19-17(23)14-9-7-13(3)8-10-14/h7-10,12,16H,5-6,11H2,1-4H3,(H,19,23)(H,21,22). The average Bonchev–Trinajstić information content (AvgIpc) is 2.51. The lowest BCUT2D eigenvalue weighted by molar-refractivity contribution is -0.138. The van der Waals surface area contributed by atoms with Crippen LogP contribution in [0.1, 0.15) is 42.6 Å². The third-order valence-corrected chi connectivity index (χ3v) is 3.79. The SMILES string of the molecule is Cc1ccc(C(=O)NC(C(=O)N(C)CCCC(=O)O)C(C)C)cc1. The summed E-state index contributed by atoms with van der Waals surface area (Å²) in [6.07, 6.45) is 0.397. The number of nitrogens with zero attached hydrogens (tertiary/aromatic N) is 1. The zero-order chi connectivity index (χ0) is 18.3. The molecule has 1 rings (SSSR count). The summed E-state index contributed by atoms with van der Waals surface area (Å²) in [4.78, 5) is 36.9. The maximum atomic E-state index is 12.5. The van der Waals surface area contributed by atoms with Gasteiger partial charge in [0.25, 0.3) is 5.91 Å². The number of hydrogen-bond donors (Lipinski definition) is 2. The van der Waals surface area contributed by atoms with Gasteiger partial charge in [0.2, 0.25) is 5.91 Å². The number of amides is 2. The van der Waals surface area contributed by atoms with Crippen LogP contribution in [0.3, 0.4) is 0 Å². The van der Waals surface area contributed by atoms with E-state index in [2.05, 4.69) is 5.32 Å². The van der Waals surface area contributed by atoms with Crippen molar-refractivity contribution in [1.29, 1.82) is 0 Å². The van der Waals surface area contributed by atoms with Crippen LogP contribution in [0.25, 0.3) is 0 Å². The summed E-state index contributed by atoms with van der Waals surface area (Å²) in [5.41, 5.74) is 1.56. The Hall–Kier alpha value is -2.37. The number of carbonyl (C=O) groups excluding carboxylic acids is 2. The molecule has 0 spiro atoms. The van der Waals surface area contributed by atoms with Crippen molar-refractivity contribution in [3.8, 4) is 0 Å². The zero-order valence-corrected chi connectivity index (χ0v) is 14.7. The molecule has 0 bridgehead atoms. The summed E-state index contributed by atoms with van der Waals surface area (Å²) in [6.45, 7) is 6.01. The van der Waals surface area contributed by atoms with Gasteiger partial charge in [0.1, 0.15) is 6.04 Å². The van der Waals surface area contributed by atoms with Crippen LogP contribution in [-0.4, -0.2) is 47.4 Å². The van der Waals surface area contributed by atoms with Gasteiger partial charge < -0.3 is 15.3 Å². The minimum atomic E-state index is -0.885. The average molecular weight is 334 g/mol. The lowest BCUT2D eigenvalue weighted by Gasteiger charge is -2.27. The fourth-order valence-corrected chi connectivity index (χ4v) is 2.26. The molecule has 0 aliphatic carbocycles. The predicted octanol–water partition coefficient (Wildman–Crippen LogP) is 2.07. The summed E-state index contributed by atoms with van der Waals surface area (Å²) in [5, 5.41) is 11.5. The number of likely N-dealkylation sites (N-methyl/N-ethyl adjacent to an activating group) is 1. The molecule has 6 heteroatoms. The van der Waals surface area contributed by atoms with Gasteiger partial charge in [0.15, 0.2) is 0 Å². The number of rotatable bonds is 8. The Bertz CT molecular complexity index is 581. The molecule has 2 N–H and O–H groups in total. The first-order chi connectivity index (χ1) is 11.2. The van der Waals surface area contributed by atoms with E-state index in [9.17, 15) is 14.4 Å². The van der Waals surface area contributed by atoms with Crippen LogP contribution in [0.15, 0.2) is 24.3 Å². The molecule has 0 aromatic heterocycles. The molecule has 0 aliphatic rings. The van der Waals surface area contributed by atoms with E-state index < -0.39 is 12.0 Å². The Kier molecular flexibility index (Phi) is 7.42. The highest BCUT2D eigenvalue weighted by Crippen LogP contribution is 2.09. The van der Waals surface area contributed by atoms with Gasteiger partial charge in [-0.3, -0.25) is 14.4 Å². The first kappa shape index (κ1) is 19.7. The Labute approximate surface area is 142 Å². The van der Waals surface area contributed by atoms with Gasteiger partial charge in [-0.15, -0.1) is 0 Å². The van der Waals surface area contributed by atoms with E-state index in [1.165, 1.54) is 4.90 Å². The Morgan fingerprint density at radius 3 is 2.25 bits per heavy atom. The molecule has 0 saturated heterocycles. The molecule has 1 unspecified atom stereocenters. The maximum Gasteiger partial charge on any atom is 0.303 e. The second kappa shape index (κ2) is 9.05. The highest BCUT2D eigenvalue weighted by Gasteiger charge is 2.27. The van der Waals surface area contributed by atoms with Crippen molar-refractivity contribution in [2.24, 2.45) is 5.92 Å². The number of carboxylic acid groups (broad SMARTS) is 1. The highest BCUT2D eigenvalue weighted by atomic mass is 16.4. The van der Waals surface area contributed by atoms with Crippen molar-refractivity contribution in [2.45, 2.75) is 39.7 Å². The summed E-state index contributed by atoms with van der Waals surface area (Å²) in [7, 11) is 1.62. The van der Waals surface area contributed by atoms with Crippen LogP contribution in [-0.2, 0) is 9.59 Å². The van der Waals surface area contributed by atoms with Gasteiger partial charge >= 0.3 is 5.97 Å². The van der Waals surface area contributed by atoms with Crippen LogP contribution in [0.4, 0.5) is 0 Å². The Morgan fingerprint density at radius 1 is 1.17 bits per heavy atom. The third-order valence-electron chi connectivity index (χ3n) is 3.79. The van der Waals surface area contributed by atoms with Crippen molar-refractivity contribution >= 4 is 17.8 Å². The van der Waals surface area contributed by atoms with E-state index in [0.29, 0.717) is 18.5 Å². The number of nitrogens with one attached hydrogen (secondary N) is 1. The monoisotopic (exact) mass is 334 g/mol. The van der Waals surface area contributed by atoms with Crippen molar-refractivity contribution in [3.63, 3.8) is 0 Å². The van der Waals surface area contributed by atoms with Gasteiger partial charge in [-0.1, -0.05) is 31.5 Å². The minimum Gasteiger partial charge on any atom is -0.481 e. The van der Waals surface area contributed by atoms with Gasteiger partial charge in [0, 0.05) is 25.6 Å². The second-order valence-corrected chi connectivity index (χ2v) is 6.32. The second-order valence-electron chi connectivity index (χ2n) is 6.32.